The van der Waals surface area contributed by atoms with Gasteiger partial charge in [0.1, 0.15) is 17.1 Å². The van der Waals surface area contributed by atoms with Crippen LogP contribution in [0.3, 0.4) is 0 Å². The maximum Gasteiger partial charge on any atom is 0.152 e. The molecule has 3 nitrogen and oxygen atoms in total. The molecule has 0 atom stereocenters. The number of rotatable bonds is 5. The molecule has 0 aliphatic carbocycles. The van der Waals surface area contributed by atoms with Crippen molar-refractivity contribution in [3.05, 3.63) is 35.5 Å². The molecule has 0 fully saturated rings. The van der Waals surface area contributed by atoms with Crippen molar-refractivity contribution in [2.45, 2.75) is 13.3 Å². The molecular weight excluding hydrogens is 252 g/mol. The fourth-order valence-corrected chi connectivity index (χ4v) is 1.85. The van der Waals surface area contributed by atoms with Gasteiger partial charge in [0.15, 0.2) is 5.82 Å². The number of hydrogen-bond donors (Lipinski definition) is 0. The van der Waals surface area contributed by atoms with E-state index in [1.54, 1.807) is 20.1 Å². The van der Waals surface area contributed by atoms with Gasteiger partial charge in [-0.1, -0.05) is 0 Å². The molecular formula is C14H15F2NO2. The van der Waals surface area contributed by atoms with Gasteiger partial charge in [-0.15, -0.1) is 0 Å². The molecule has 0 aliphatic heterocycles. The molecule has 19 heavy (non-hydrogen) atoms. The highest BCUT2D eigenvalue weighted by atomic mass is 19.1. The van der Waals surface area contributed by atoms with Gasteiger partial charge in [-0.25, -0.2) is 13.8 Å². The second-order valence-electron chi connectivity index (χ2n) is 4.24. The Kier molecular flexibility index (Phi) is 4.27. The lowest BCUT2D eigenvalue weighted by Gasteiger charge is -2.10. The standard InChI is InChI=1S/C14H15F2NO2/c1-9-6-13(19-5-3-4-18-2)11-7-10(15)8-12(16)14(11)17-9/h6-8H,3-5H2,1-2H3. The van der Waals surface area contributed by atoms with Crippen molar-refractivity contribution in [2.75, 3.05) is 20.3 Å². The lowest BCUT2D eigenvalue weighted by atomic mass is 10.1. The summed E-state index contributed by atoms with van der Waals surface area (Å²) in [4.78, 5) is 4.08. The summed E-state index contributed by atoms with van der Waals surface area (Å²) in [6.45, 7) is 2.74. The quantitative estimate of drug-likeness (QED) is 0.779. The molecule has 0 amide bonds. The number of ether oxygens (including phenoxy) is 2. The Hall–Kier alpha value is -1.75. The predicted octanol–water partition coefficient (Wildman–Crippen LogP) is 3.24. The van der Waals surface area contributed by atoms with Gasteiger partial charge in [-0.3, -0.25) is 0 Å². The summed E-state index contributed by atoms with van der Waals surface area (Å²) >= 11 is 0. The van der Waals surface area contributed by atoms with Crippen LogP contribution in [0.2, 0.25) is 0 Å². The summed E-state index contributed by atoms with van der Waals surface area (Å²) in [6.07, 6.45) is 0.706. The van der Waals surface area contributed by atoms with Gasteiger partial charge in [0.25, 0.3) is 0 Å². The number of aryl methyl sites for hydroxylation is 1. The van der Waals surface area contributed by atoms with Gasteiger partial charge in [0, 0.05) is 43.4 Å². The van der Waals surface area contributed by atoms with Gasteiger partial charge >= 0.3 is 0 Å². The van der Waals surface area contributed by atoms with E-state index < -0.39 is 11.6 Å². The van der Waals surface area contributed by atoms with Crippen molar-refractivity contribution in [1.29, 1.82) is 0 Å². The van der Waals surface area contributed by atoms with Crippen molar-refractivity contribution in [3.8, 4) is 5.75 Å². The zero-order chi connectivity index (χ0) is 13.8. The predicted molar refractivity (Wildman–Crippen MR) is 68.4 cm³/mol. The molecule has 0 N–H and O–H groups in total. The van der Waals surface area contributed by atoms with Crippen LogP contribution in [0.15, 0.2) is 18.2 Å². The number of methoxy groups -OCH3 is 1. The fourth-order valence-electron chi connectivity index (χ4n) is 1.85. The van der Waals surface area contributed by atoms with Crippen LogP contribution in [0.25, 0.3) is 10.9 Å². The fraction of sp³-hybridized carbons (Fsp3) is 0.357. The van der Waals surface area contributed by atoms with Crippen LogP contribution in [-0.4, -0.2) is 25.3 Å². The van der Waals surface area contributed by atoms with E-state index in [4.69, 9.17) is 9.47 Å². The van der Waals surface area contributed by atoms with Crippen molar-refractivity contribution >= 4 is 10.9 Å². The smallest absolute Gasteiger partial charge is 0.152 e. The van der Waals surface area contributed by atoms with Gasteiger partial charge in [-0.05, 0) is 13.0 Å². The number of benzene rings is 1. The van der Waals surface area contributed by atoms with Crippen LogP contribution >= 0.6 is 0 Å². The van der Waals surface area contributed by atoms with E-state index in [1.807, 2.05) is 0 Å². The van der Waals surface area contributed by atoms with E-state index in [-0.39, 0.29) is 5.52 Å². The summed E-state index contributed by atoms with van der Waals surface area (Å²) in [5, 5.41) is 0.348. The van der Waals surface area contributed by atoms with Crippen molar-refractivity contribution < 1.29 is 18.3 Å². The van der Waals surface area contributed by atoms with E-state index in [9.17, 15) is 8.78 Å². The minimum absolute atomic E-state index is 0.128. The number of fused-ring (bicyclic) bond motifs is 1. The first-order valence-corrected chi connectivity index (χ1v) is 6.00. The minimum atomic E-state index is -0.680. The third-order valence-corrected chi connectivity index (χ3v) is 2.67. The first-order valence-electron chi connectivity index (χ1n) is 6.00. The summed E-state index contributed by atoms with van der Waals surface area (Å²) in [6, 6.07) is 3.73. The highest BCUT2D eigenvalue weighted by Crippen LogP contribution is 2.28. The Balaban J connectivity index is 2.36. The zero-order valence-corrected chi connectivity index (χ0v) is 10.9. The summed E-state index contributed by atoms with van der Waals surface area (Å²) in [5.74, 6) is -0.880. The van der Waals surface area contributed by atoms with Crippen LogP contribution in [0, 0.1) is 18.6 Å². The van der Waals surface area contributed by atoms with Gasteiger partial charge in [-0.2, -0.15) is 0 Å². The Bertz CT molecular complexity index is 587. The van der Waals surface area contributed by atoms with Gasteiger partial charge in [0.2, 0.25) is 0 Å². The molecule has 0 spiro atoms. The molecule has 0 radical (unpaired) electrons. The average Bonchev–Trinajstić information content (AvgIpc) is 2.36. The molecule has 0 saturated carbocycles. The SMILES string of the molecule is COCCCOc1cc(C)nc2c(F)cc(F)cc12. The maximum atomic E-state index is 13.7. The van der Waals surface area contributed by atoms with Crippen LogP contribution in [0.1, 0.15) is 12.1 Å². The van der Waals surface area contributed by atoms with Crippen molar-refractivity contribution in [2.24, 2.45) is 0 Å². The Morgan fingerprint density at radius 2 is 1.95 bits per heavy atom. The molecule has 5 heteroatoms. The molecule has 2 rings (SSSR count). The first-order chi connectivity index (χ1) is 9.11. The zero-order valence-electron chi connectivity index (χ0n) is 10.9. The average molecular weight is 267 g/mol. The van der Waals surface area contributed by atoms with Gasteiger partial charge < -0.3 is 9.47 Å². The number of aromatic nitrogens is 1. The molecule has 1 aromatic carbocycles. The lowest BCUT2D eigenvalue weighted by molar-refractivity contribution is 0.172. The normalized spacial score (nSPS) is 10.9. The molecule has 0 unspecified atom stereocenters. The molecule has 102 valence electrons. The monoisotopic (exact) mass is 267 g/mol. The second kappa shape index (κ2) is 5.93. The summed E-state index contributed by atoms with van der Waals surface area (Å²) in [7, 11) is 1.61. The molecule has 1 heterocycles. The number of nitrogens with zero attached hydrogens (tertiary/aromatic N) is 1. The minimum Gasteiger partial charge on any atom is -0.493 e. The van der Waals surface area contributed by atoms with Crippen LogP contribution in [0.5, 0.6) is 5.75 Å². The van der Waals surface area contributed by atoms with Crippen molar-refractivity contribution in [3.63, 3.8) is 0 Å². The topological polar surface area (TPSA) is 31.4 Å². The number of halogens is 2. The molecule has 0 aliphatic rings. The highest BCUT2D eigenvalue weighted by molar-refractivity contribution is 5.85. The Morgan fingerprint density at radius 1 is 1.16 bits per heavy atom. The Labute approximate surface area is 110 Å². The van der Waals surface area contributed by atoms with E-state index in [2.05, 4.69) is 4.98 Å². The van der Waals surface area contributed by atoms with E-state index in [0.717, 1.165) is 6.07 Å². The lowest BCUT2D eigenvalue weighted by Crippen LogP contribution is -2.03. The number of hydrogen-bond acceptors (Lipinski definition) is 3. The summed E-state index contributed by atoms with van der Waals surface area (Å²) < 4.78 is 37.4. The Morgan fingerprint density at radius 3 is 2.68 bits per heavy atom. The molecule has 0 bridgehead atoms. The molecule has 1 aromatic heterocycles. The maximum absolute atomic E-state index is 13.7. The first kappa shape index (κ1) is 13.7. The van der Waals surface area contributed by atoms with Crippen LogP contribution in [0.4, 0.5) is 8.78 Å². The highest BCUT2D eigenvalue weighted by Gasteiger charge is 2.11. The van der Waals surface area contributed by atoms with Crippen molar-refractivity contribution in [1.82, 2.24) is 4.98 Å². The van der Waals surface area contributed by atoms with Crippen LogP contribution in [-0.2, 0) is 4.74 Å². The second-order valence-corrected chi connectivity index (χ2v) is 4.24. The van der Waals surface area contributed by atoms with Crippen LogP contribution < -0.4 is 4.74 Å². The van der Waals surface area contributed by atoms with Gasteiger partial charge in [0.05, 0.1) is 6.61 Å². The number of pyridine rings is 1. The molecule has 0 saturated heterocycles. The van der Waals surface area contributed by atoms with E-state index in [1.165, 1.54) is 6.07 Å². The van der Waals surface area contributed by atoms with E-state index >= 15 is 0 Å². The third kappa shape index (κ3) is 3.17. The summed E-state index contributed by atoms with van der Waals surface area (Å²) in [5.41, 5.74) is 0.753. The molecule has 2 aromatic rings. The van der Waals surface area contributed by atoms with E-state index in [0.29, 0.717) is 36.5 Å². The third-order valence-electron chi connectivity index (χ3n) is 2.67. The largest absolute Gasteiger partial charge is 0.493 e.